The zero-order valence-corrected chi connectivity index (χ0v) is 11.0. The van der Waals surface area contributed by atoms with Crippen molar-refractivity contribution >= 4 is 22.2 Å². The lowest BCUT2D eigenvalue weighted by Crippen LogP contribution is -2.02. The maximum atomic E-state index is 4.40. The summed E-state index contributed by atoms with van der Waals surface area (Å²) in [7, 11) is 1.97. The predicted octanol–water partition coefficient (Wildman–Crippen LogP) is 3.68. The van der Waals surface area contributed by atoms with Crippen LogP contribution in [0.5, 0.6) is 0 Å². The van der Waals surface area contributed by atoms with E-state index in [0.29, 0.717) is 0 Å². The fraction of sp³-hybridized carbons (Fsp3) is 0.133. The van der Waals surface area contributed by atoms with Gasteiger partial charge in [-0.3, -0.25) is 4.98 Å². The fourth-order valence-electron chi connectivity index (χ4n) is 2.14. The second-order valence-corrected chi connectivity index (χ2v) is 5.20. The van der Waals surface area contributed by atoms with E-state index < -0.39 is 0 Å². The van der Waals surface area contributed by atoms with Gasteiger partial charge in [0.25, 0.3) is 0 Å². The topological polar surface area (TPSA) is 24.9 Å². The highest BCUT2D eigenvalue weighted by molar-refractivity contribution is 7.10. The van der Waals surface area contributed by atoms with Crippen molar-refractivity contribution in [2.24, 2.45) is 0 Å². The second-order valence-electron chi connectivity index (χ2n) is 4.21. The van der Waals surface area contributed by atoms with Crippen LogP contribution in [0.1, 0.15) is 4.88 Å². The molecular formula is C15H14N2S. The van der Waals surface area contributed by atoms with E-state index >= 15 is 0 Å². The molecule has 0 unspecified atom stereocenters. The summed E-state index contributed by atoms with van der Waals surface area (Å²) in [6, 6.07) is 12.7. The SMILES string of the molecule is CNCc1cc(-c2cccc3ncccc23)cs1. The van der Waals surface area contributed by atoms with E-state index in [1.807, 2.05) is 19.3 Å². The van der Waals surface area contributed by atoms with Crippen molar-refractivity contribution in [3.8, 4) is 11.1 Å². The molecule has 1 N–H and O–H groups in total. The van der Waals surface area contributed by atoms with Gasteiger partial charge in [-0.2, -0.15) is 0 Å². The van der Waals surface area contributed by atoms with E-state index in [-0.39, 0.29) is 0 Å². The smallest absolute Gasteiger partial charge is 0.0708 e. The van der Waals surface area contributed by atoms with Gasteiger partial charge in [0.05, 0.1) is 5.52 Å². The largest absolute Gasteiger partial charge is 0.315 e. The van der Waals surface area contributed by atoms with Gasteiger partial charge in [-0.05, 0) is 41.8 Å². The predicted molar refractivity (Wildman–Crippen MR) is 77.8 cm³/mol. The molecule has 1 aromatic carbocycles. The van der Waals surface area contributed by atoms with Gasteiger partial charge in [0.1, 0.15) is 0 Å². The van der Waals surface area contributed by atoms with Gasteiger partial charge in [-0.25, -0.2) is 0 Å². The Morgan fingerprint density at radius 2 is 2.17 bits per heavy atom. The fourth-order valence-corrected chi connectivity index (χ4v) is 3.04. The van der Waals surface area contributed by atoms with Gasteiger partial charge >= 0.3 is 0 Å². The van der Waals surface area contributed by atoms with Gasteiger partial charge in [0, 0.05) is 23.0 Å². The molecule has 3 rings (SSSR count). The van der Waals surface area contributed by atoms with Crippen molar-refractivity contribution in [1.82, 2.24) is 10.3 Å². The molecule has 2 nitrogen and oxygen atoms in total. The number of hydrogen-bond donors (Lipinski definition) is 1. The number of hydrogen-bond acceptors (Lipinski definition) is 3. The first kappa shape index (κ1) is 11.4. The number of rotatable bonds is 3. The molecule has 0 aliphatic rings. The number of fused-ring (bicyclic) bond motifs is 1. The molecule has 2 aromatic heterocycles. The van der Waals surface area contributed by atoms with Crippen molar-refractivity contribution < 1.29 is 0 Å². The van der Waals surface area contributed by atoms with Crippen LogP contribution in [0.4, 0.5) is 0 Å². The van der Waals surface area contributed by atoms with E-state index in [1.54, 1.807) is 11.3 Å². The Labute approximate surface area is 110 Å². The zero-order valence-electron chi connectivity index (χ0n) is 10.2. The Bertz CT molecular complexity index is 668. The molecule has 0 bridgehead atoms. The third kappa shape index (κ3) is 2.03. The molecule has 0 spiro atoms. The molecular weight excluding hydrogens is 240 g/mol. The van der Waals surface area contributed by atoms with Crippen molar-refractivity contribution in [3.05, 3.63) is 52.9 Å². The molecule has 0 saturated carbocycles. The Morgan fingerprint density at radius 3 is 3.06 bits per heavy atom. The second kappa shape index (κ2) is 4.88. The van der Waals surface area contributed by atoms with Crippen molar-refractivity contribution in [2.45, 2.75) is 6.54 Å². The van der Waals surface area contributed by atoms with E-state index in [4.69, 9.17) is 0 Å². The van der Waals surface area contributed by atoms with E-state index in [2.05, 4.69) is 46.0 Å². The van der Waals surface area contributed by atoms with Crippen LogP contribution in [0.3, 0.4) is 0 Å². The lowest BCUT2D eigenvalue weighted by molar-refractivity contribution is 0.831. The van der Waals surface area contributed by atoms with Gasteiger partial charge in [0.15, 0.2) is 0 Å². The van der Waals surface area contributed by atoms with Crippen LogP contribution in [-0.2, 0) is 6.54 Å². The Kier molecular flexibility index (Phi) is 3.09. The number of nitrogens with one attached hydrogen (secondary N) is 1. The number of nitrogens with zero attached hydrogens (tertiary/aromatic N) is 1. The van der Waals surface area contributed by atoms with Gasteiger partial charge in [-0.1, -0.05) is 18.2 Å². The summed E-state index contributed by atoms with van der Waals surface area (Å²) >= 11 is 1.79. The van der Waals surface area contributed by atoms with Crippen LogP contribution in [0.25, 0.3) is 22.0 Å². The van der Waals surface area contributed by atoms with Crippen molar-refractivity contribution in [1.29, 1.82) is 0 Å². The highest BCUT2D eigenvalue weighted by atomic mass is 32.1. The van der Waals surface area contributed by atoms with Crippen molar-refractivity contribution in [2.75, 3.05) is 7.05 Å². The van der Waals surface area contributed by atoms with Gasteiger partial charge in [-0.15, -0.1) is 11.3 Å². The standard InChI is InChI=1S/C15H14N2S/c1-16-9-12-8-11(10-18-12)13-4-2-6-15-14(13)5-3-7-17-15/h2-8,10,16H,9H2,1H3. The molecule has 3 aromatic rings. The summed E-state index contributed by atoms with van der Waals surface area (Å²) in [6.07, 6.45) is 1.84. The monoisotopic (exact) mass is 254 g/mol. The minimum Gasteiger partial charge on any atom is -0.315 e. The summed E-state index contributed by atoms with van der Waals surface area (Å²) in [5.41, 5.74) is 3.60. The average Bonchev–Trinajstić information content (AvgIpc) is 2.87. The summed E-state index contributed by atoms with van der Waals surface area (Å²) < 4.78 is 0. The molecule has 0 fully saturated rings. The lowest BCUT2D eigenvalue weighted by atomic mass is 10.0. The third-order valence-corrected chi connectivity index (χ3v) is 3.90. The highest BCUT2D eigenvalue weighted by Gasteiger charge is 2.06. The molecule has 0 aliphatic carbocycles. The maximum absolute atomic E-state index is 4.40. The first-order chi connectivity index (χ1) is 8.88. The quantitative estimate of drug-likeness (QED) is 0.771. The number of aromatic nitrogens is 1. The van der Waals surface area contributed by atoms with Gasteiger partial charge < -0.3 is 5.32 Å². The lowest BCUT2D eigenvalue weighted by Gasteiger charge is -2.03. The van der Waals surface area contributed by atoms with E-state index in [1.165, 1.54) is 21.4 Å². The molecule has 0 aliphatic heterocycles. The summed E-state index contributed by atoms with van der Waals surface area (Å²) in [5.74, 6) is 0. The Balaban J connectivity index is 2.12. The Morgan fingerprint density at radius 1 is 1.22 bits per heavy atom. The van der Waals surface area contributed by atoms with Crippen LogP contribution < -0.4 is 5.32 Å². The van der Waals surface area contributed by atoms with Gasteiger partial charge in [0.2, 0.25) is 0 Å². The normalized spacial score (nSPS) is 10.9. The van der Waals surface area contributed by atoms with E-state index in [0.717, 1.165) is 12.1 Å². The van der Waals surface area contributed by atoms with Crippen LogP contribution in [0.2, 0.25) is 0 Å². The molecule has 0 saturated heterocycles. The van der Waals surface area contributed by atoms with Crippen LogP contribution >= 0.6 is 11.3 Å². The first-order valence-electron chi connectivity index (χ1n) is 5.94. The minimum atomic E-state index is 0.924. The van der Waals surface area contributed by atoms with Crippen molar-refractivity contribution in [3.63, 3.8) is 0 Å². The summed E-state index contributed by atoms with van der Waals surface area (Å²) in [4.78, 5) is 5.76. The molecule has 90 valence electrons. The van der Waals surface area contributed by atoms with Crippen LogP contribution in [0, 0.1) is 0 Å². The Hall–Kier alpha value is -1.71. The molecule has 0 radical (unpaired) electrons. The van der Waals surface area contributed by atoms with Crippen LogP contribution in [0.15, 0.2) is 48.0 Å². The molecule has 0 atom stereocenters. The minimum absolute atomic E-state index is 0.924. The molecule has 2 heterocycles. The number of benzene rings is 1. The third-order valence-electron chi connectivity index (χ3n) is 2.96. The zero-order chi connectivity index (χ0) is 12.4. The summed E-state index contributed by atoms with van der Waals surface area (Å²) in [6.45, 7) is 0.924. The molecule has 3 heteroatoms. The highest BCUT2D eigenvalue weighted by Crippen LogP contribution is 2.30. The maximum Gasteiger partial charge on any atom is 0.0708 e. The number of pyridine rings is 1. The van der Waals surface area contributed by atoms with E-state index in [9.17, 15) is 0 Å². The number of thiophene rings is 1. The molecule has 0 amide bonds. The molecule has 18 heavy (non-hydrogen) atoms. The summed E-state index contributed by atoms with van der Waals surface area (Å²) in [5, 5.41) is 6.62. The van der Waals surface area contributed by atoms with Crippen LogP contribution in [-0.4, -0.2) is 12.0 Å². The average molecular weight is 254 g/mol. The first-order valence-corrected chi connectivity index (χ1v) is 6.82.